The molecule has 4 rings (SSSR count). The van der Waals surface area contributed by atoms with Gasteiger partial charge in [0.15, 0.2) is 0 Å². The predicted octanol–water partition coefficient (Wildman–Crippen LogP) is 6.93. The summed E-state index contributed by atoms with van der Waals surface area (Å²) in [5.41, 5.74) is 2.56. The van der Waals surface area contributed by atoms with Gasteiger partial charge in [-0.15, -0.1) is 0 Å². The van der Waals surface area contributed by atoms with E-state index in [9.17, 15) is 22.4 Å². The minimum Gasteiger partial charge on any atom is -0.338 e. The number of carbonyl (C=O) groups is 1. The number of rotatable bonds is 3. The highest BCUT2D eigenvalue weighted by Gasteiger charge is 2.35. The Hall–Kier alpha value is -2.67. The molecular formula is C24H18BrF4NO. The second-order valence-electron chi connectivity index (χ2n) is 7.54. The molecule has 1 saturated heterocycles. The van der Waals surface area contributed by atoms with Crippen LogP contribution in [0.5, 0.6) is 0 Å². The maximum atomic E-state index is 14.9. The fourth-order valence-corrected chi connectivity index (χ4v) is 4.12. The van der Waals surface area contributed by atoms with Gasteiger partial charge in [-0.3, -0.25) is 4.79 Å². The van der Waals surface area contributed by atoms with Gasteiger partial charge in [-0.1, -0.05) is 40.2 Å². The summed E-state index contributed by atoms with van der Waals surface area (Å²) in [5, 5.41) is 0. The Kier molecular flexibility index (Phi) is 5.88. The topological polar surface area (TPSA) is 20.3 Å². The molecule has 160 valence electrons. The van der Waals surface area contributed by atoms with Crippen molar-refractivity contribution in [2.24, 2.45) is 0 Å². The van der Waals surface area contributed by atoms with Crippen LogP contribution >= 0.6 is 15.9 Å². The largest absolute Gasteiger partial charge is 0.338 e. The first-order valence-electron chi connectivity index (χ1n) is 9.76. The minimum absolute atomic E-state index is 0.0526. The van der Waals surface area contributed by atoms with Crippen molar-refractivity contribution in [1.82, 2.24) is 4.90 Å². The Bertz CT molecular complexity index is 1120. The average Bonchev–Trinajstić information content (AvgIpc) is 2.74. The summed E-state index contributed by atoms with van der Waals surface area (Å²) in [6, 6.07) is 15.4. The zero-order chi connectivity index (χ0) is 22.2. The van der Waals surface area contributed by atoms with E-state index in [0.29, 0.717) is 11.1 Å². The monoisotopic (exact) mass is 491 g/mol. The number of alkyl halides is 2. The van der Waals surface area contributed by atoms with Crippen molar-refractivity contribution in [3.8, 4) is 22.3 Å². The lowest BCUT2D eigenvalue weighted by Crippen LogP contribution is -2.42. The Morgan fingerprint density at radius 3 is 2.13 bits per heavy atom. The molecule has 1 aliphatic heterocycles. The van der Waals surface area contributed by atoms with Crippen molar-refractivity contribution >= 4 is 21.8 Å². The summed E-state index contributed by atoms with van der Waals surface area (Å²) in [5.74, 6) is -4.14. The Morgan fingerprint density at radius 2 is 1.48 bits per heavy atom. The van der Waals surface area contributed by atoms with Crippen LogP contribution in [0.4, 0.5) is 17.6 Å². The molecule has 0 bridgehead atoms. The molecule has 0 radical (unpaired) electrons. The predicted molar refractivity (Wildman–Crippen MR) is 115 cm³/mol. The van der Waals surface area contributed by atoms with E-state index in [0.717, 1.165) is 21.7 Å². The Morgan fingerprint density at radius 1 is 0.839 bits per heavy atom. The number of carbonyl (C=O) groups excluding carboxylic acids is 1. The third kappa shape index (κ3) is 4.66. The zero-order valence-electron chi connectivity index (χ0n) is 16.3. The molecule has 0 saturated carbocycles. The zero-order valence-corrected chi connectivity index (χ0v) is 17.9. The maximum Gasteiger partial charge on any atom is 0.253 e. The molecule has 7 heteroatoms. The molecule has 0 aromatic heterocycles. The summed E-state index contributed by atoms with van der Waals surface area (Å²) >= 11 is 3.47. The molecule has 3 aromatic carbocycles. The maximum absolute atomic E-state index is 14.9. The SMILES string of the molecule is O=C(c1ccc(-c2ccc(Br)c(-c3ccc(F)cc3)c2)c(F)c1)N1CCC(F)(F)CC1. The number of nitrogens with zero attached hydrogens (tertiary/aromatic N) is 1. The lowest BCUT2D eigenvalue weighted by atomic mass is 9.97. The van der Waals surface area contributed by atoms with E-state index in [1.165, 1.54) is 29.2 Å². The van der Waals surface area contributed by atoms with Crippen LogP contribution in [0.1, 0.15) is 23.2 Å². The molecule has 0 atom stereocenters. The molecule has 2 nitrogen and oxygen atoms in total. The van der Waals surface area contributed by atoms with Crippen molar-refractivity contribution in [2.45, 2.75) is 18.8 Å². The molecule has 0 N–H and O–H groups in total. The molecule has 1 amide bonds. The highest BCUT2D eigenvalue weighted by Crippen LogP contribution is 2.34. The van der Waals surface area contributed by atoms with Crippen molar-refractivity contribution < 1.29 is 22.4 Å². The van der Waals surface area contributed by atoms with Gasteiger partial charge in [-0.2, -0.15) is 0 Å². The van der Waals surface area contributed by atoms with E-state index >= 15 is 0 Å². The molecule has 0 unspecified atom stereocenters. The van der Waals surface area contributed by atoms with Crippen LogP contribution in [0.2, 0.25) is 0 Å². The van der Waals surface area contributed by atoms with E-state index < -0.39 is 17.6 Å². The van der Waals surface area contributed by atoms with Crippen LogP contribution < -0.4 is 0 Å². The first-order valence-corrected chi connectivity index (χ1v) is 10.6. The van der Waals surface area contributed by atoms with Gasteiger partial charge in [-0.25, -0.2) is 17.6 Å². The molecule has 1 aliphatic rings. The Labute approximate surface area is 185 Å². The first-order chi connectivity index (χ1) is 14.7. The highest BCUT2D eigenvalue weighted by molar-refractivity contribution is 9.10. The lowest BCUT2D eigenvalue weighted by Gasteiger charge is -2.31. The fraction of sp³-hybridized carbons (Fsp3) is 0.208. The van der Waals surface area contributed by atoms with E-state index in [4.69, 9.17) is 0 Å². The normalized spacial score (nSPS) is 15.7. The van der Waals surface area contributed by atoms with Crippen molar-refractivity contribution in [1.29, 1.82) is 0 Å². The fourth-order valence-electron chi connectivity index (χ4n) is 3.65. The number of hydrogen-bond acceptors (Lipinski definition) is 1. The van der Waals surface area contributed by atoms with Gasteiger partial charge in [0.1, 0.15) is 11.6 Å². The molecule has 3 aromatic rings. The van der Waals surface area contributed by atoms with Crippen molar-refractivity contribution in [3.63, 3.8) is 0 Å². The molecular weight excluding hydrogens is 474 g/mol. The second-order valence-corrected chi connectivity index (χ2v) is 8.40. The molecule has 31 heavy (non-hydrogen) atoms. The highest BCUT2D eigenvalue weighted by atomic mass is 79.9. The van der Waals surface area contributed by atoms with Gasteiger partial charge < -0.3 is 4.90 Å². The van der Waals surface area contributed by atoms with E-state index in [2.05, 4.69) is 15.9 Å². The summed E-state index contributed by atoms with van der Waals surface area (Å²) in [6.07, 6.45) is -0.769. The summed E-state index contributed by atoms with van der Waals surface area (Å²) < 4.78 is 55.6. The first kappa shape index (κ1) is 21.6. The molecule has 0 spiro atoms. The molecule has 1 fully saturated rings. The van der Waals surface area contributed by atoms with Crippen LogP contribution in [-0.4, -0.2) is 29.8 Å². The Balaban J connectivity index is 1.61. The average molecular weight is 492 g/mol. The standard InChI is InChI=1S/C24H18BrF4NO/c25-21-8-4-16(13-20(21)15-1-5-18(26)6-2-15)19-7-3-17(14-22(19)27)23(31)30-11-9-24(28,29)10-12-30/h1-8,13-14H,9-12H2. The van der Waals surface area contributed by atoms with E-state index in [1.54, 1.807) is 30.3 Å². The number of piperidine rings is 1. The molecule has 0 aliphatic carbocycles. The lowest BCUT2D eigenvalue weighted by molar-refractivity contribution is -0.0494. The van der Waals surface area contributed by atoms with Gasteiger partial charge >= 0.3 is 0 Å². The minimum atomic E-state index is -2.75. The smallest absolute Gasteiger partial charge is 0.253 e. The van der Waals surface area contributed by atoms with Gasteiger partial charge in [0.05, 0.1) is 0 Å². The van der Waals surface area contributed by atoms with Crippen LogP contribution in [0.3, 0.4) is 0 Å². The number of benzene rings is 3. The summed E-state index contributed by atoms with van der Waals surface area (Å²) in [6.45, 7) is -0.105. The second kappa shape index (κ2) is 8.46. The number of likely N-dealkylation sites (tertiary alicyclic amines) is 1. The van der Waals surface area contributed by atoms with Crippen molar-refractivity contribution in [3.05, 3.63) is 82.3 Å². The van der Waals surface area contributed by atoms with Crippen LogP contribution in [0.25, 0.3) is 22.3 Å². The van der Waals surface area contributed by atoms with Gasteiger partial charge in [0.2, 0.25) is 0 Å². The molecule has 1 heterocycles. The van der Waals surface area contributed by atoms with Crippen LogP contribution in [0, 0.1) is 11.6 Å². The number of hydrogen-bond donors (Lipinski definition) is 0. The van der Waals surface area contributed by atoms with Crippen LogP contribution in [-0.2, 0) is 0 Å². The van der Waals surface area contributed by atoms with Crippen LogP contribution in [0.15, 0.2) is 65.1 Å². The third-order valence-corrected chi connectivity index (χ3v) is 6.12. The van der Waals surface area contributed by atoms with E-state index in [1.807, 2.05) is 0 Å². The van der Waals surface area contributed by atoms with Crippen molar-refractivity contribution in [2.75, 3.05) is 13.1 Å². The quantitative estimate of drug-likeness (QED) is 0.363. The summed E-state index contributed by atoms with van der Waals surface area (Å²) in [4.78, 5) is 13.9. The van der Waals surface area contributed by atoms with Gasteiger partial charge in [0.25, 0.3) is 11.8 Å². The summed E-state index contributed by atoms with van der Waals surface area (Å²) in [7, 11) is 0. The third-order valence-electron chi connectivity index (χ3n) is 5.43. The van der Waals surface area contributed by atoms with E-state index in [-0.39, 0.29) is 37.3 Å². The number of amides is 1. The van der Waals surface area contributed by atoms with Gasteiger partial charge in [-0.05, 0) is 53.1 Å². The number of halogens is 5. The van der Waals surface area contributed by atoms with Gasteiger partial charge in [0, 0.05) is 41.5 Å².